The third-order valence-corrected chi connectivity index (χ3v) is 14.3. The first kappa shape index (κ1) is 35.8. The van der Waals surface area contributed by atoms with E-state index in [1.165, 1.54) is 10.1 Å². The Morgan fingerprint density at radius 3 is 1.78 bits per heavy atom. The van der Waals surface area contributed by atoms with Crippen molar-refractivity contribution in [2.45, 2.75) is 0 Å². The van der Waals surface area contributed by atoms with Crippen molar-refractivity contribution < 1.29 is 0 Å². The summed E-state index contributed by atoms with van der Waals surface area (Å²) in [7, 11) is 0. The van der Waals surface area contributed by atoms with Crippen LogP contribution in [-0.2, 0) is 0 Å². The lowest BCUT2D eigenvalue weighted by Crippen LogP contribution is -2.00. The molecule has 0 spiro atoms. The second-order valence-electron chi connectivity index (χ2n) is 15.6. The third kappa shape index (κ3) is 5.80. The van der Waals surface area contributed by atoms with Gasteiger partial charge in [0.05, 0.1) is 26.9 Å². The SMILES string of the molecule is c1ccc(-c2nc(-c3cccc4c3sc3cc(-c5nc(-c6ccccc6)c6sc7ccccc7c6n5)ccc34)nc(-c3cccc4c3c3ccccc3n4-c3ccccc3)n2)cc1. The maximum Gasteiger partial charge on any atom is 0.165 e. The van der Waals surface area contributed by atoms with Gasteiger partial charge >= 0.3 is 0 Å². The lowest BCUT2D eigenvalue weighted by atomic mass is 10.0. The molecule has 0 atom stereocenters. The Balaban J connectivity index is 1.00. The molecule has 13 aromatic rings. The average molecular weight is 841 g/mol. The van der Waals surface area contributed by atoms with Gasteiger partial charge in [0, 0.05) is 74.5 Å². The molecule has 13 rings (SSSR count). The Labute approximate surface area is 369 Å². The number of rotatable bonds is 6. The number of hydrogen-bond donors (Lipinski definition) is 0. The Bertz CT molecular complexity index is 3910. The summed E-state index contributed by atoms with van der Waals surface area (Å²) in [6.45, 7) is 0. The van der Waals surface area contributed by atoms with E-state index in [0.717, 1.165) is 91.4 Å². The molecular formula is C55H32N6S2. The van der Waals surface area contributed by atoms with Crippen molar-refractivity contribution in [3.8, 4) is 62.5 Å². The van der Waals surface area contributed by atoms with Gasteiger partial charge in [0.15, 0.2) is 23.3 Å². The van der Waals surface area contributed by atoms with Crippen LogP contribution in [0.4, 0.5) is 0 Å². The van der Waals surface area contributed by atoms with Gasteiger partial charge in [-0.25, -0.2) is 24.9 Å². The number of aromatic nitrogens is 6. The van der Waals surface area contributed by atoms with E-state index in [0.29, 0.717) is 23.3 Å². The summed E-state index contributed by atoms with van der Waals surface area (Å²) in [6, 6.07) is 67.8. The zero-order valence-electron chi connectivity index (χ0n) is 33.5. The summed E-state index contributed by atoms with van der Waals surface area (Å²) in [5, 5.41) is 5.72. The van der Waals surface area contributed by atoms with Gasteiger partial charge in [-0.1, -0.05) is 152 Å². The maximum absolute atomic E-state index is 5.37. The van der Waals surface area contributed by atoms with Gasteiger partial charge in [0.25, 0.3) is 0 Å². The van der Waals surface area contributed by atoms with Gasteiger partial charge < -0.3 is 4.57 Å². The van der Waals surface area contributed by atoms with Crippen molar-refractivity contribution in [1.82, 2.24) is 29.5 Å². The first-order valence-corrected chi connectivity index (χ1v) is 22.5. The second-order valence-corrected chi connectivity index (χ2v) is 17.7. The highest BCUT2D eigenvalue weighted by molar-refractivity contribution is 7.26. The Kier molecular flexibility index (Phi) is 8.15. The fourth-order valence-corrected chi connectivity index (χ4v) is 11.4. The molecule has 8 heteroatoms. The molecule has 0 amide bonds. The standard InChI is InChI=1S/C55H32N6S2/c1-4-16-33(17-5-1)48-51-49(40-23-11-13-29-45(40)62-51)57-53(56-48)35-30-31-37-38-24-14-26-42(50(38)63-46(37)32-35)55-59-52(34-18-6-2-7-19-34)58-54(60-55)41-25-15-28-44-47(41)39-22-10-12-27-43(39)61(44)36-20-8-3-9-21-36/h1-32H. The summed E-state index contributed by atoms with van der Waals surface area (Å²) in [4.78, 5) is 26.4. The molecule has 0 bridgehead atoms. The summed E-state index contributed by atoms with van der Waals surface area (Å²) in [5.41, 5.74) is 10.2. The lowest BCUT2D eigenvalue weighted by Gasteiger charge is -2.11. The van der Waals surface area contributed by atoms with Gasteiger partial charge in [-0.2, -0.15) is 0 Å². The van der Waals surface area contributed by atoms with Gasteiger partial charge in [0.2, 0.25) is 0 Å². The van der Waals surface area contributed by atoms with E-state index >= 15 is 0 Å². The molecule has 0 fully saturated rings. The van der Waals surface area contributed by atoms with Crippen LogP contribution < -0.4 is 0 Å². The van der Waals surface area contributed by atoms with Crippen LogP contribution in [0.5, 0.6) is 0 Å². The predicted octanol–water partition coefficient (Wildman–Crippen LogP) is 14.8. The summed E-state index contributed by atoms with van der Waals surface area (Å²) >= 11 is 3.50. The van der Waals surface area contributed by atoms with Crippen LogP contribution in [0.25, 0.3) is 125 Å². The minimum Gasteiger partial charge on any atom is -0.309 e. The molecule has 0 aliphatic carbocycles. The molecule has 5 heterocycles. The van der Waals surface area contributed by atoms with Crippen LogP contribution in [0.3, 0.4) is 0 Å². The van der Waals surface area contributed by atoms with E-state index in [-0.39, 0.29) is 0 Å². The molecule has 0 saturated carbocycles. The van der Waals surface area contributed by atoms with E-state index in [4.69, 9.17) is 24.9 Å². The van der Waals surface area contributed by atoms with E-state index < -0.39 is 0 Å². The Hall–Kier alpha value is -7.91. The van der Waals surface area contributed by atoms with Crippen LogP contribution in [0, 0.1) is 0 Å². The normalized spacial score (nSPS) is 11.8. The first-order chi connectivity index (χ1) is 31.2. The topological polar surface area (TPSA) is 69.4 Å². The van der Waals surface area contributed by atoms with Gasteiger partial charge in [-0.15, -0.1) is 22.7 Å². The van der Waals surface area contributed by atoms with E-state index in [9.17, 15) is 0 Å². The molecule has 63 heavy (non-hydrogen) atoms. The molecule has 5 aromatic heterocycles. The van der Waals surface area contributed by atoms with Crippen molar-refractivity contribution in [2.24, 2.45) is 0 Å². The molecule has 0 aliphatic rings. The molecule has 6 nitrogen and oxygen atoms in total. The van der Waals surface area contributed by atoms with Crippen molar-refractivity contribution >= 4 is 85.0 Å². The molecule has 0 radical (unpaired) electrons. The number of nitrogens with zero attached hydrogens (tertiary/aromatic N) is 6. The fourth-order valence-electron chi connectivity index (χ4n) is 9.02. The van der Waals surface area contributed by atoms with Crippen molar-refractivity contribution in [2.75, 3.05) is 0 Å². The Morgan fingerprint density at radius 2 is 0.952 bits per heavy atom. The minimum atomic E-state index is 0.627. The number of benzene rings is 8. The molecule has 294 valence electrons. The fraction of sp³-hybridized carbons (Fsp3) is 0. The smallest absolute Gasteiger partial charge is 0.165 e. The van der Waals surface area contributed by atoms with Crippen LogP contribution in [0.1, 0.15) is 0 Å². The minimum absolute atomic E-state index is 0.627. The van der Waals surface area contributed by atoms with Crippen molar-refractivity contribution in [1.29, 1.82) is 0 Å². The Morgan fingerprint density at radius 1 is 0.349 bits per heavy atom. The van der Waals surface area contributed by atoms with Crippen LogP contribution in [0.15, 0.2) is 194 Å². The number of para-hydroxylation sites is 2. The first-order valence-electron chi connectivity index (χ1n) is 20.8. The van der Waals surface area contributed by atoms with Crippen LogP contribution >= 0.6 is 22.7 Å². The highest BCUT2D eigenvalue weighted by Crippen LogP contribution is 2.44. The van der Waals surface area contributed by atoms with Crippen LogP contribution in [-0.4, -0.2) is 29.5 Å². The molecule has 0 N–H and O–H groups in total. The van der Waals surface area contributed by atoms with Gasteiger partial charge in [-0.3, -0.25) is 0 Å². The zero-order valence-corrected chi connectivity index (χ0v) is 35.1. The third-order valence-electron chi connectivity index (χ3n) is 11.9. The van der Waals surface area contributed by atoms with E-state index in [1.807, 2.05) is 24.3 Å². The van der Waals surface area contributed by atoms with E-state index in [2.05, 4.69) is 174 Å². The maximum atomic E-state index is 5.37. The highest BCUT2D eigenvalue weighted by atomic mass is 32.1. The number of hydrogen-bond acceptors (Lipinski definition) is 7. The van der Waals surface area contributed by atoms with Gasteiger partial charge in [-0.05, 0) is 42.5 Å². The quantitative estimate of drug-likeness (QED) is 0.167. The summed E-state index contributed by atoms with van der Waals surface area (Å²) < 4.78 is 6.89. The molecule has 0 aliphatic heterocycles. The molecule has 0 saturated heterocycles. The monoisotopic (exact) mass is 840 g/mol. The van der Waals surface area contributed by atoms with E-state index in [1.54, 1.807) is 22.7 Å². The number of thiophene rings is 2. The number of fused-ring (bicyclic) bond motifs is 9. The summed E-state index contributed by atoms with van der Waals surface area (Å²) in [6.07, 6.45) is 0. The summed E-state index contributed by atoms with van der Waals surface area (Å²) in [5.74, 6) is 2.60. The van der Waals surface area contributed by atoms with Crippen LogP contribution in [0.2, 0.25) is 0 Å². The lowest BCUT2D eigenvalue weighted by molar-refractivity contribution is 1.08. The zero-order chi connectivity index (χ0) is 41.4. The molecule has 0 unspecified atom stereocenters. The van der Waals surface area contributed by atoms with Crippen molar-refractivity contribution in [3.63, 3.8) is 0 Å². The van der Waals surface area contributed by atoms with Crippen molar-refractivity contribution in [3.05, 3.63) is 194 Å². The predicted molar refractivity (Wildman–Crippen MR) is 263 cm³/mol. The molecule has 8 aromatic carbocycles. The largest absolute Gasteiger partial charge is 0.309 e. The second kappa shape index (κ2) is 14.3. The molecular weight excluding hydrogens is 809 g/mol. The average Bonchev–Trinajstić information content (AvgIpc) is 4.04. The van der Waals surface area contributed by atoms with Gasteiger partial charge in [0.1, 0.15) is 0 Å². The highest BCUT2D eigenvalue weighted by Gasteiger charge is 2.22.